The van der Waals surface area contributed by atoms with Crippen LogP contribution in [0, 0.1) is 6.92 Å². The van der Waals surface area contributed by atoms with Gasteiger partial charge in [-0.1, -0.05) is 16.8 Å². The van der Waals surface area contributed by atoms with Crippen molar-refractivity contribution in [3.63, 3.8) is 0 Å². The number of nitrogens with one attached hydrogen (secondary N) is 1. The average molecular weight is 365 g/mol. The smallest absolute Gasteiger partial charge is 0.238 e. The minimum atomic E-state index is -0.0800. The van der Waals surface area contributed by atoms with Crippen LogP contribution >= 0.6 is 11.6 Å². The molecule has 1 aromatic heterocycles. The van der Waals surface area contributed by atoms with Gasteiger partial charge in [-0.3, -0.25) is 9.69 Å². The van der Waals surface area contributed by atoms with Crippen LogP contribution in [0.1, 0.15) is 30.5 Å². The molecule has 0 radical (unpaired) electrons. The van der Waals surface area contributed by atoms with Gasteiger partial charge in [0.1, 0.15) is 5.75 Å². The van der Waals surface area contributed by atoms with E-state index in [2.05, 4.69) is 20.4 Å². The first-order valence-corrected chi connectivity index (χ1v) is 8.59. The van der Waals surface area contributed by atoms with Gasteiger partial charge in [-0.15, -0.1) is 0 Å². The Morgan fingerprint density at radius 3 is 3.04 bits per heavy atom. The van der Waals surface area contributed by atoms with Crippen molar-refractivity contribution in [3.05, 3.63) is 34.9 Å². The van der Waals surface area contributed by atoms with E-state index in [4.69, 9.17) is 20.9 Å². The first-order chi connectivity index (χ1) is 12.0. The second-order valence-electron chi connectivity index (χ2n) is 6.15. The average Bonchev–Trinajstić information content (AvgIpc) is 3.02. The number of hydrogen-bond acceptors (Lipinski definition) is 6. The summed E-state index contributed by atoms with van der Waals surface area (Å²) >= 11 is 6.08. The molecule has 0 saturated carbocycles. The Morgan fingerprint density at radius 1 is 1.52 bits per heavy atom. The Bertz CT molecular complexity index is 749. The molecule has 1 fully saturated rings. The summed E-state index contributed by atoms with van der Waals surface area (Å²) in [5, 5.41) is 7.18. The predicted molar refractivity (Wildman–Crippen MR) is 94.1 cm³/mol. The van der Waals surface area contributed by atoms with E-state index >= 15 is 0 Å². The molecule has 7 nitrogen and oxygen atoms in total. The van der Waals surface area contributed by atoms with Gasteiger partial charge in [0.2, 0.25) is 11.8 Å². The van der Waals surface area contributed by atoms with Gasteiger partial charge in [-0.25, -0.2) is 0 Å². The lowest BCUT2D eigenvalue weighted by atomic mass is 9.98. The summed E-state index contributed by atoms with van der Waals surface area (Å²) in [6.07, 6.45) is 1.99. The van der Waals surface area contributed by atoms with Crippen LogP contribution in [-0.4, -0.2) is 47.7 Å². The van der Waals surface area contributed by atoms with Crippen molar-refractivity contribution in [2.45, 2.75) is 25.7 Å². The number of methoxy groups -OCH3 is 1. The van der Waals surface area contributed by atoms with E-state index < -0.39 is 0 Å². The second kappa shape index (κ2) is 7.84. The largest absolute Gasteiger partial charge is 0.495 e. The lowest BCUT2D eigenvalue weighted by Crippen LogP contribution is -2.39. The highest BCUT2D eigenvalue weighted by Crippen LogP contribution is 2.28. The third-order valence-corrected chi connectivity index (χ3v) is 4.50. The fraction of sp³-hybridized carbons (Fsp3) is 0.471. The molecule has 1 saturated heterocycles. The van der Waals surface area contributed by atoms with Crippen molar-refractivity contribution < 1.29 is 14.1 Å². The van der Waals surface area contributed by atoms with Crippen LogP contribution in [-0.2, 0) is 4.79 Å². The van der Waals surface area contributed by atoms with E-state index in [1.807, 2.05) is 0 Å². The number of likely N-dealkylation sites (tertiary alicyclic amines) is 1. The van der Waals surface area contributed by atoms with E-state index in [1.165, 1.54) is 0 Å². The third kappa shape index (κ3) is 4.49. The minimum Gasteiger partial charge on any atom is -0.495 e. The number of anilines is 1. The molecule has 0 bridgehead atoms. The quantitative estimate of drug-likeness (QED) is 0.878. The van der Waals surface area contributed by atoms with Gasteiger partial charge in [-0.2, -0.15) is 4.98 Å². The number of amides is 1. The van der Waals surface area contributed by atoms with Crippen LogP contribution in [0.2, 0.25) is 5.02 Å². The molecule has 1 atom stereocenters. The SMILES string of the molecule is COc1ccc(NC(=O)CN2CCCC(c3nc(C)no3)C2)cc1Cl. The van der Waals surface area contributed by atoms with Crippen LogP contribution in [0.25, 0.3) is 0 Å². The molecule has 1 N–H and O–H groups in total. The van der Waals surface area contributed by atoms with Crippen LogP contribution in [0.15, 0.2) is 22.7 Å². The molecule has 3 rings (SSSR count). The number of piperidine rings is 1. The molecule has 0 spiro atoms. The Kier molecular flexibility index (Phi) is 5.55. The van der Waals surface area contributed by atoms with Gasteiger partial charge >= 0.3 is 0 Å². The van der Waals surface area contributed by atoms with E-state index in [0.29, 0.717) is 34.7 Å². The van der Waals surface area contributed by atoms with Crippen molar-refractivity contribution >= 4 is 23.2 Å². The molecule has 25 heavy (non-hydrogen) atoms. The van der Waals surface area contributed by atoms with Crippen molar-refractivity contribution in [2.24, 2.45) is 0 Å². The lowest BCUT2D eigenvalue weighted by Gasteiger charge is -2.30. The fourth-order valence-corrected chi connectivity index (χ4v) is 3.29. The maximum atomic E-state index is 12.3. The molecule has 134 valence electrons. The number of hydrogen-bond donors (Lipinski definition) is 1. The number of rotatable bonds is 5. The highest BCUT2D eigenvalue weighted by atomic mass is 35.5. The molecule has 0 aliphatic carbocycles. The zero-order valence-corrected chi connectivity index (χ0v) is 15.0. The zero-order chi connectivity index (χ0) is 17.8. The fourth-order valence-electron chi connectivity index (χ4n) is 3.03. The molecule has 1 amide bonds. The highest BCUT2D eigenvalue weighted by Gasteiger charge is 2.26. The van der Waals surface area contributed by atoms with Crippen molar-refractivity contribution in [1.29, 1.82) is 0 Å². The maximum Gasteiger partial charge on any atom is 0.238 e. The number of ether oxygens (including phenoxy) is 1. The third-order valence-electron chi connectivity index (χ3n) is 4.20. The van der Waals surface area contributed by atoms with Crippen LogP contribution in [0.5, 0.6) is 5.75 Å². The summed E-state index contributed by atoms with van der Waals surface area (Å²) < 4.78 is 10.4. The summed E-state index contributed by atoms with van der Waals surface area (Å²) in [5.74, 6) is 1.97. The normalized spacial score (nSPS) is 18.1. The number of halogens is 1. The number of nitrogens with zero attached hydrogens (tertiary/aromatic N) is 3. The minimum absolute atomic E-state index is 0.0800. The van der Waals surface area contributed by atoms with Crippen molar-refractivity contribution in [2.75, 3.05) is 32.1 Å². The topological polar surface area (TPSA) is 80.5 Å². The van der Waals surface area contributed by atoms with Crippen LogP contribution in [0.3, 0.4) is 0 Å². The van der Waals surface area contributed by atoms with E-state index in [0.717, 1.165) is 25.9 Å². The van der Waals surface area contributed by atoms with Gasteiger partial charge in [0.25, 0.3) is 0 Å². The Balaban J connectivity index is 1.56. The van der Waals surface area contributed by atoms with Gasteiger partial charge in [0, 0.05) is 12.2 Å². The molecule has 1 aliphatic heterocycles. The number of aryl methyl sites for hydroxylation is 1. The van der Waals surface area contributed by atoms with Crippen LogP contribution in [0.4, 0.5) is 5.69 Å². The van der Waals surface area contributed by atoms with E-state index in [1.54, 1.807) is 32.2 Å². The molecular formula is C17H21ClN4O3. The molecule has 2 heterocycles. The molecule has 1 unspecified atom stereocenters. The molecule has 2 aromatic rings. The monoisotopic (exact) mass is 364 g/mol. The Morgan fingerprint density at radius 2 is 2.36 bits per heavy atom. The molecule has 1 aromatic carbocycles. The van der Waals surface area contributed by atoms with Gasteiger partial charge in [-0.05, 0) is 44.5 Å². The van der Waals surface area contributed by atoms with Gasteiger partial charge in [0.15, 0.2) is 5.82 Å². The number of benzene rings is 1. The van der Waals surface area contributed by atoms with Gasteiger partial charge < -0.3 is 14.6 Å². The summed E-state index contributed by atoms with van der Waals surface area (Å²) in [4.78, 5) is 18.7. The van der Waals surface area contributed by atoms with Gasteiger partial charge in [0.05, 0.1) is 24.6 Å². The Hall–Kier alpha value is -2.12. The first-order valence-electron chi connectivity index (χ1n) is 8.21. The predicted octanol–water partition coefficient (Wildman–Crippen LogP) is 2.86. The highest BCUT2D eigenvalue weighted by molar-refractivity contribution is 6.32. The molecule has 1 aliphatic rings. The first kappa shape index (κ1) is 17.7. The standard InChI is InChI=1S/C17H21ClN4O3/c1-11-19-17(25-21-11)12-4-3-7-22(9-12)10-16(23)20-13-5-6-15(24-2)14(18)8-13/h5-6,8,12H,3-4,7,9-10H2,1-2H3,(H,20,23). The molecular weight excluding hydrogens is 344 g/mol. The second-order valence-corrected chi connectivity index (χ2v) is 6.56. The zero-order valence-electron chi connectivity index (χ0n) is 14.3. The number of aromatic nitrogens is 2. The summed E-state index contributed by atoms with van der Waals surface area (Å²) in [6, 6.07) is 5.17. The summed E-state index contributed by atoms with van der Waals surface area (Å²) in [5.41, 5.74) is 0.650. The molecule has 8 heteroatoms. The van der Waals surface area contributed by atoms with Crippen molar-refractivity contribution in [1.82, 2.24) is 15.0 Å². The number of carbonyl (C=O) groups excluding carboxylic acids is 1. The number of carbonyl (C=O) groups is 1. The summed E-state index contributed by atoms with van der Waals surface area (Å²) in [6.45, 7) is 3.73. The van der Waals surface area contributed by atoms with E-state index in [9.17, 15) is 4.79 Å². The van der Waals surface area contributed by atoms with Crippen molar-refractivity contribution in [3.8, 4) is 5.75 Å². The van der Waals surface area contributed by atoms with E-state index in [-0.39, 0.29) is 11.8 Å². The summed E-state index contributed by atoms with van der Waals surface area (Å²) in [7, 11) is 1.55. The van der Waals surface area contributed by atoms with Crippen LogP contribution < -0.4 is 10.1 Å². The lowest BCUT2D eigenvalue weighted by molar-refractivity contribution is -0.117. The maximum absolute atomic E-state index is 12.3. The Labute approximate surface area is 151 Å².